The van der Waals surface area contributed by atoms with Crippen LogP contribution < -0.4 is 4.90 Å². The van der Waals surface area contributed by atoms with Gasteiger partial charge in [0.25, 0.3) is 0 Å². The molecule has 1 aliphatic heterocycles. The van der Waals surface area contributed by atoms with E-state index in [-0.39, 0.29) is 11.8 Å². The quantitative estimate of drug-likeness (QED) is 0.837. The Morgan fingerprint density at radius 3 is 2.50 bits per heavy atom. The van der Waals surface area contributed by atoms with Gasteiger partial charge >= 0.3 is 0 Å². The van der Waals surface area contributed by atoms with Crippen molar-refractivity contribution >= 4 is 11.7 Å². The molecular weight excluding hydrogens is 252 g/mol. The maximum absolute atomic E-state index is 12.3. The fourth-order valence-corrected chi connectivity index (χ4v) is 2.38. The highest BCUT2D eigenvalue weighted by atomic mass is 16.2. The zero-order valence-electron chi connectivity index (χ0n) is 12.0. The number of hydrogen-bond donors (Lipinski definition) is 0. The van der Waals surface area contributed by atoms with Crippen LogP contribution in [0.1, 0.15) is 13.8 Å². The highest BCUT2D eigenvalue weighted by Gasteiger charge is 2.29. The van der Waals surface area contributed by atoms with Crippen LogP contribution in [0.5, 0.6) is 0 Å². The molecule has 5 heteroatoms. The van der Waals surface area contributed by atoms with Crippen LogP contribution in [0.3, 0.4) is 0 Å². The third-order valence-electron chi connectivity index (χ3n) is 3.64. The highest BCUT2D eigenvalue weighted by molar-refractivity contribution is 5.81. The minimum Gasteiger partial charge on any atom is -0.353 e. The lowest BCUT2D eigenvalue weighted by molar-refractivity contribution is -0.135. The van der Waals surface area contributed by atoms with Gasteiger partial charge in [-0.25, -0.2) is 4.98 Å². The Labute approximate surface area is 119 Å². The van der Waals surface area contributed by atoms with Crippen LogP contribution in [0.2, 0.25) is 0 Å². The van der Waals surface area contributed by atoms with Gasteiger partial charge in [0.05, 0.1) is 6.07 Å². The standard InChI is InChI=1S/C15H20N4O/c1-12(2)13(11-16)15(20)19-9-7-18(8-10-19)14-5-3-4-6-17-14/h3-6,12-13H,7-10H2,1-2H3. The number of aromatic nitrogens is 1. The fourth-order valence-electron chi connectivity index (χ4n) is 2.38. The fraction of sp³-hybridized carbons (Fsp3) is 0.533. The summed E-state index contributed by atoms with van der Waals surface area (Å²) in [4.78, 5) is 20.6. The Morgan fingerprint density at radius 2 is 2.00 bits per heavy atom. The van der Waals surface area contributed by atoms with Gasteiger partial charge in [-0.05, 0) is 18.1 Å². The van der Waals surface area contributed by atoms with Crippen LogP contribution in [0.25, 0.3) is 0 Å². The molecule has 1 aromatic heterocycles. The van der Waals surface area contributed by atoms with E-state index in [1.165, 1.54) is 0 Å². The lowest BCUT2D eigenvalue weighted by Gasteiger charge is -2.36. The molecule has 2 heterocycles. The van der Waals surface area contributed by atoms with Gasteiger partial charge in [-0.15, -0.1) is 0 Å². The average Bonchev–Trinajstić information content (AvgIpc) is 2.48. The van der Waals surface area contributed by atoms with Gasteiger partial charge in [-0.1, -0.05) is 19.9 Å². The summed E-state index contributed by atoms with van der Waals surface area (Å²) in [5, 5.41) is 9.11. The minimum absolute atomic E-state index is 0.0387. The van der Waals surface area contributed by atoms with Crippen LogP contribution in [0, 0.1) is 23.2 Å². The Balaban J connectivity index is 1.95. The molecule has 0 radical (unpaired) electrons. The monoisotopic (exact) mass is 272 g/mol. The number of hydrogen-bond acceptors (Lipinski definition) is 4. The zero-order valence-corrected chi connectivity index (χ0v) is 12.0. The van der Waals surface area contributed by atoms with Gasteiger partial charge < -0.3 is 9.80 Å². The lowest BCUT2D eigenvalue weighted by atomic mass is 9.95. The smallest absolute Gasteiger partial charge is 0.240 e. The molecular formula is C15H20N4O. The van der Waals surface area contributed by atoms with Crippen molar-refractivity contribution in [2.24, 2.45) is 11.8 Å². The van der Waals surface area contributed by atoms with Gasteiger partial charge in [-0.2, -0.15) is 5.26 Å². The SMILES string of the molecule is CC(C)C(C#N)C(=O)N1CCN(c2ccccn2)CC1. The van der Waals surface area contributed by atoms with Gasteiger partial charge in [0.1, 0.15) is 11.7 Å². The molecule has 1 atom stereocenters. The van der Waals surface area contributed by atoms with E-state index < -0.39 is 5.92 Å². The lowest BCUT2D eigenvalue weighted by Crippen LogP contribution is -2.51. The second kappa shape index (κ2) is 6.38. The first kappa shape index (κ1) is 14.3. The van der Waals surface area contributed by atoms with Crippen molar-refractivity contribution < 1.29 is 4.79 Å². The number of piperazine rings is 1. The number of nitriles is 1. The van der Waals surface area contributed by atoms with Crippen LogP contribution in [-0.2, 0) is 4.79 Å². The van der Waals surface area contributed by atoms with E-state index in [0.29, 0.717) is 13.1 Å². The third-order valence-corrected chi connectivity index (χ3v) is 3.64. The molecule has 0 N–H and O–H groups in total. The normalized spacial score (nSPS) is 16.9. The molecule has 1 fully saturated rings. The molecule has 106 valence electrons. The third kappa shape index (κ3) is 3.08. The van der Waals surface area contributed by atoms with Crippen molar-refractivity contribution in [3.63, 3.8) is 0 Å². The number of carbonyl (C=O) groups is 1. The van der Waals surface area contributed by atoms with Crippen LogP contribution in [0.4, 0.5) is 5.82 Å². The Morgan fingerprint density at radius 1 is 1.30 bits per heavy atom. The van der Waals surface area contributed by atoms with E-state index in [0.717, 1.165) is 18.9 Å². The molecule has 0 spiro atoms. The summed E-state index contributed by atoms with van der Waals surface area (Å²) in [5.74, 6) is 0.432. The van der Waals surface area contributed by atoms with E-state index in [1.54, 1.807) is 11.1 Å². The molecule has 1 unspecified atom stereocenters. The van der Waals surface area contributed by atoms with Crippen molar-refractivity contribution in [2.75, 3.05) is 31.1 Å². The summed E-state index contributed by atoms with van der Waals surface area (Å²) in [5.41, 5.74) is 0. The summed E-state index contributed by atoms with van der Waals surface area (Å²) < 4.78 is 0. The first-order valence-electron chi connectivity index (χ1n) is 6.98. The van der Waals surface area contributed by atoms with E-state index in [9.17, 15) is 4.79 Å². The Hall–Kier alpha value is -2.09. The Kier molecular flexibility index (Phi) is 4.57. The minimum atomic E-state index is -0.531. The topological polar surface area (TPSA) is 60.2 Å². The van der Waals surface area contributed by atoms with Crippen molar-refractivity contribution in [3.8, 4) is 6.07 Å². The molecule has 1 aliphatic rings. The molecule has 1 amide bonds. The number of anilines is 1. The number of pyridine rings is 1. The summed E-state index contributed by atoms with van der Waals surface area (Å²) in [7, 11) is 0. The maximum Gasteiger partial charge on any atom is 0.240 e. The first-order valence-corrected chi connectivity index (χ1v) is 6.98. The van der Waals surface area contributed by atoms with Gasteiger partial charge in [-0.3, -0.25) is 4.79 Å². The summed E-state index contributed by atoms with van der Waals surface area (Å²) >= 11 is 0. The predicted molar refractivity (Wildman–Crippen MR) is 77.0 cm³/mol. The van der Waals surface area contributed by atoms with Crippen molar-refractivity contribution in [1.29, 1.82) is 5.26 Å². The largest absolute Gasteiger partial charge is 0.353 e. The molecule has 2 rings (SSSR count). The van der Waals surface area contributed by atoms with Crippen LogP contribution >= 0.6 is 0 Å². The molecule has 1 aromatic rings. The molecule has 0 bridgehead atoms. The van der Waals surface area contributed by atoms with Gasteiger partial charge in [0.2, 0.25) is 5.91 Å². The molecule has 0 aliphatic carbocycles. The summed E-state index contributed by atoms with van der Waals surface area (Å²) in [6.07, 6.45) is 1.78. The van der Waals surface area contributed by atoms with Crippen LogP contribution in [-0.4, -0.2) is 42.0 Å². The molecule has 1 saturated heterocycles. The Bertz CT molecular complexity index is 486. The zero-order chi connectivity index (χ0) is 14.5. The number of carbonyl (C=O) groups excluding carboxylic acids is 1. The molecule has 0 saturated carbocycles. The van der Waals surface area contributed by atoms with E-state index in [4.69, 9.17) is 5.26 Å². The number of amides is 1. The average molecular weight is 272 g/mol. The number of nitrogens with zero attached hydrogens (tertiary/aromatic N) is 4. The maximum atomic E-state index is 12.3. The second-order valence-corrected chi connectivity index (χ2v) is 5.35. The number of rotatable bonds is 3. The first-order chi connectivity index (χ1) is 9.63. The predicted octanol–water partition coefficient (Wildman–Crippen LogP) is 1.53. The molecule has 5 nitrogen and oxygen atoms in total. The van der Waals surface area contributed by atoms with Crippen molar-refractivity contribution in [2.45, 2.75) is 13.8 Å². The van der Waals surface area contributed by atoms with Crippen molar-refractivity contribution in [3.05, 3.63) is 24.4 Å². The van der Waals surface area contributed by atoms with E-state index in [2.05, 4.69) is 16.0 Å². The van der Waals surface area contributed by atoms with Crippen LogP contribution in [0.15, 0.2) is 24.4 Å². The van der Waals surface area contributed by atoms with Gasteiger partial charge in [0.15, 0.2) is 0 Å². The van der Waals surface area contributed by atoms with E-state index in [1.807, 2.05) is 32.0 Å². The molecule has 20 heavy (non-hydrogen) atoms. The van der Waals surface area contributed by atoms with Crippen molar-refractivity contribution in [1.82, 2.24) is 9.88 Å². The van der Waals surface area contributed by atoms with E-state index >= 15 is 0 Å². The molecule has 0 aromatic carbocycles. The second-order valence-electron chi connectivity index (χ2n) is 5.35. The summed E-state index contributed by atoms with van der Waals surface area (Å²) in [6, 6.07) is 7.96. The van der Waals surface area contributed by atoms with Gasteiger partial charge in [0, 0.05) is 32.4 Å². The summed E-state index contributed by atoms with van der Waals surface area (Å²) in [6.45, 7) is 6.66. The highest BCUT2D eigenvalue weighted by Crippen LogP contribution is 2.17.